The Balaban J connectivity index is 2.20. The maximum absolute atomic E-state index is 12.3. The third-order valence-corrected chi connectivity index (χ3v) is 4.39. The summed E-state index contributed by atoms with van der Waals surface area (Å²) >= 11 is 6.56. The summed E-state index contributed by atoms with van der Waals surface area (Å²) in [5.41, 5.74) is 2.61. The Kier molecular flexibility index (Phi) is 6.05. The fourth-order valence-corrected chi connectivity index (χ4v) is 2.76. The Labute approximate surface area is 142 Å². The van der Waals surface area contributed by atoms with Gasteiger partial charge in [-0.05, 0) is 49.2 Å². The molecule has 0 spiro atoms. The van der Waals surface area contributed by atoms with Gasteiger partial charge in [-0.3, -0.25) is 4.79 Å². The first-order valence-electron chi connectivity index (χ1n) is 7.78. The van der Waals surface area contributed by atoms with Crippen molar-refractivity contribution < 1.29 is 9.53 Å². The summed E-state index contributed by atoms with van der Waals surface area (Å²) in [6.45, 7) is 5.37. The van der Waals surface area contributed by atoms with Crippen molar-refractivity contribution in [2.24, 2.45) is 0 Å². The third-order valence-electron chi connectivity index (χ3n) is 3.89. The molecule has 23 heavy (non-hydrogen) atoms. The lowest BCUT2D eigenvalue weighted by atomic mass is 10.0. The summed E-state index contributed by atoms with van der Waals surface area (Å²) < 4.78 is 5.23. The Bertz CT molecular complexity index is 651. The van der Waals surface area contributed by atoms with Gasteiger partial charge < -0.3 is 9.64 Å². The second-order valence-electron chi connectivity index (χ2n) is 5.24. The molecule has 0 saturated carbocycles. The molecule has 0 saturated heterocycles. The van der Waals surface area contributed by atoms with Crippen LogP contribution in [0.2, 0.25) is 0 Å². The van der Waals surface area contributed by atoms with Crippen molar-refractivity contribution >= 4 is 17.5 Å². The number of carbonyl (C=O) groups excluding carboxylic acids is 1. The molecule has 0 aliphatic heterocycles. The Morgan fingerprint density at radius 3 is 2.30 bits per heavy atom. The van der Waals surface area contributed by atoms with Gasteiger partial charge in [-0.2, -0.15) is 0 Å². The van der Waals surface area contributed by atoms with Gasteiger partial charge in [-0.15, -0.1) is 11.6 Å². The Morgan fingerprint density at radius 2 is 1.74 bits per heavy atom. The average molecular weight is 332 g/mol. The predicted molar refractivity (Wildman–Crippen MR) is 94.4 cm³/mol. The van der Waals surface area contributed by atoms with Gasteiger partial charge in [0, 0.05) is 18.7 Å². The van der Waals surface area contributed by atoms with Crippen molar-refractivity contribution in [1.29, 1.82) is 0 Å². The van der Waals surface area contributed by atoms with E-state index in [1.54, 1.807) is 12.0 Å². The summed E-state index contributed by atoms with van der Waals surface area (Å²) in [7, 11) is 1.63. The van der Waals surface area contributed by atoms with Crippen molar-refractivity contribution in [3.63, 3.8) is 0 Å². The van der Waals surface area contributed by atoms with E-state index in [9.17, 15) is 4.79 Å². The Hall–Kier alpha value is -2.00. The van der Waals surface area contributed by atoms with E-state index in [1.165, 1.54) is 0 Å². The third kappa shape index (κ3) is 4.05. The molecule has 0 aromatic heterocycles. The number of amides is 1. The van der Waals surface area contributed by atoms with Gasteiger partial charge in [-0.25, -0.2) is 0 Å². The fourth-order valence-electron chi connectivity index (χ4n) is 2.48. The number of benzene rings is 2. The predicted octanol–water partition coefficient (Wildman–Crippen LogP) is 4.51. The maximum Gasteiger partial charge on any atom is 0.253 e. The molecule has 3 nitrogen and oxygen atoms in total. The maximum atomic E-state index is 12.3. The molecule has 2 rings (SSSR count). The lowest BCUT2D eigenvalue weighted by molar-refractivity contribution is 0.0773. The van der Waals surface area contributed by atoms with E-state index in [1.807, 2.05) is 62.4 Å². The summed E-state index contributed by atoms with van der Waals surface area (Å²) in [5, 5.41) is -0.275. The average Bonchev–Trinajstić information content (AvgIpc) is 2.62. The summed E-state index contributed by atoms with van der Waals surface area (Å²) in [4.78, 5) is 14.1. The van der Waals surface area contributed by atoms with Gasteiger partial charge >= 0.3 is 0 Å². The standard InChI is InChI=1S/C19H22ClNO2/c1-4-21(5-2)19(22)15-11-9-14(10-12-15)18(20)16-7-6-8-17(13-16)23-3/h6-13,18H,4-5H2,1-3H3. The number of hydrogen-bond acceptors (Lipinski definition) is 2. The van der Waals surface area contributed by atoms with Crippen LogP contribution in [0.4, 0.5) is 0 Å². The molecule has 0 aliphatic carbocycles. The number of ether oxygens (including phenoxy) is 1. The van der Waals surface area contributed by atoms with E-state index in [4.69, 9.17) is 16.3 Å². The number of carbonyl (C=O) groups is 1. The number of halogens is 1. The van der Waals surface area contributed by atoms with Crippen LogP contribution in [0, 0.1) is 0 Å². The summed E-state index contributed by atoms with van der Waals surface area (Å²) in [5.74, 6) is 0.829. The molecule has 4 heteroatoms. The highest BCUT2D eigenvalue weighted by atomic mass is 35.5. The molecule has 2 aromatic rings. The normalized spacial score (nSPS) is 11.8. The van der Waals surface area contributed by atoms with Crippen LogP contribution in [0.15, 0.2) is 48.5 Å². The second kappa shape index (κ2) is 8.02. The van der Waals surface area contributed by atoms with E-state index in [0.717, 1.165) is 16.9 Å². The smallest absolute Gasteiger partial charge is 0.253 e. The number of alkyl halides is 1. The molecular formula is C19H22ClNO2. The second-order valence-corrected chi connectivity index (χ2v) is 5.68. The van der Waals surface area contributed by atoms with E-state index in [2.05, 4.69) is 0 Å². The van der Waals surface area contributed by atoms with Crippen LogP contribution < -0.4 is 4.74 Å². The molecule has 0 N–H and O–H groups in total. The first-order valence-corrected chi connectivity index (χ1v) is 8.21. The van der Waals surface area contributed by atoms with E-state index in [0.29, 0.717) is 18.7 Å². The summed E-state index contributed by atoms with van der Waals surface area (Å²) in [6.07, 6.45) is 0. The minimum atomic E-state index is -0.275. The van der Waals surface area contributed by atoms with Crippen LogP contribution in [0.1, 0.15) is 40.7 Å². The first-order chi connectivity index (χ1) is 11.1. The van der Waals surface area contributed by atoms with E-state index in [-0.39, 0.29) is 11.3 Å². The highest BCUT2D eigenvalue weighted by Crippen LogP contribution is 2.30. The quantitative estimate of drug-likeness (QED) is 0.729. The van der Waals surface area contributed by atoms with E-state index >= 15 is 0 Å². The minimum absolute atomic E-state index is 0.0500. The molecule has 0 heterocycles. The minimum Gasteiger partial charge on any atom is -0.497 e. The molecular weight excluding hydrogens is 310 g/mol. The van der Waals surface area contributed by atoms with Gasteiger partial charge in [0.2, 0.25) is 0 Å². The first kappa shape index (κ1) is 17.4. The van der Waals surface area contributed by atoms with Crippen LogP contribution in [0.3, 0.4) is 0 Å². The van der Waals surface area contributed by atoms with Crippen molar-refractivity contribution in [2.75, 3.05) is 20.2 Å². The van der Waals surface area contributed by atoms with Gasteiger partial charge in [0.05, 0.1) is 12.5 Å². The molecule has 0 fully saturated rings. The van der Waals surface area contributed by atoms with Gasteiger partial charge in [0.25, 0.3) is 5.91 Å². The lowest BCUT2D eigenvalue weighted by Gasteiger charge is -2.19. The van der Waals surface area contributed by atoms with Gasteiger partial charge in [0.1, 0.15) is 5.75 Å². The van der Waals surface area contributed by atoms with Crippen LogP contribution >= 0.6 is 11.6 Å². The zero-order valence-corrected chi connectivity index (χ0v) is 14.5. The van der Waals surface area contributed by atoms with Crippen LogP contribution in [0.5, 0.6) is 5.75 Å². The number of methoxy groups -OCH3 is 1. The summed E-state index contributed by atoms with van der Waals surface area (Å²) in [6, 6.07) is 15.2. The van der Waals surface area contributed by atoms with Crippen molar-refractivity contribution in [3.05, 3.63) is 65.2 Å². The number of nitrogens with zero attached hydrogens (tertiary/aromatic N) is 1. The van der Waals surface area contributed by atoms with Crippen LogP contribution in [0.25, 0.3) is 0 Å². The van der Waals surface area contributed by atoms with Crippen LogP contribution in [-0.2, 0) is 0 Å². The molecule has 1 unspecified atom stereocenters. The zero-order valence-electron chi connectivity index (χ0n) is 13.8. The van der Waals surface area contributed by atoms with Crippen molar-refractivity contribution in [1.82, 2.24) is 4.90 Å². The molecule has 1 atom stereocenters. The number of rotatable bonds is 6. The molecule has 2 aromatic carbocycles. The fraction of sp³-hybridized carbons (Fsp3) is 0.316. The molecule has 122 valence electrons. The monoisotopic (exact) mass is 331 g/mol. The molecule has 1 amide bonds. The SMILES string of the molecule is CCN(CC)C(=O)c1ccc(C(Cl)c2cccc(OC)c2)cc1. The highest BCUT2D eigenvalue weighted by Gasteiger charge is 2.15. The van der Waals surface area contributed by atoms with E-state index < -0.39 is 0 Å². The lowest BCUT2D eigenvalue weighted by Crippen LogP contribution is -2.30. The number of hydrogen-bond donors (Lipinski definition) is 0. The Morgan fingerprint density at radius 1 is 1.09 bits per heavy atom. The molecule has 0 radical (unpaired) electrons. The van der Waals surface area contributed by atoms with Crippen molar-refractivity contribution in [2.45, 2.75) is 19.2 Å². The molecule has 0 bridgehead atoms. The highest BCUT2D eigenvalue weighted by molar-refractivity contribution is 6.22. The van der Waals surface area contributed by atoms with Gasteiger partial charge in [-0.1, -0.05) is 24.3 Å². The topological polar surface area (TPSA) is 29.5 Å². The van der Waals surface area contributed by atoms with Gasteiger partial charge in [0.15, 0.2) is 0 Å². The van der Waals surface area contributed by atoms with Crippen molar-refractivity contribution in [3.8, 4) is 5.75 Å². The largest absolute Gasteiger partial charge is 0.497 e. The van der Waals surface area contributed by atoms with Crippen LogP contribution in [-0.4, -0.2) is 31.0 Å². The zero-order chi connectivity index (χ0) is 16.8. The molecule has 0 aliphatic rings.